The fourth-order valence-corrected chi connectivity index (χ4v) is 4.29. The molecule has 2 aromatic heterocycles. The van der Waals surface area contributed by atoms with Gasteiger partial charge in [-0.1, -0.05) is 41.4 Å². The van der Waals surface area contributed by atoms with Crippen molar-refractivity contribution in [3.05, 3.63) is 87.8 Å². The molecule has 0 saturated heterocycles. The number of carbonyl (C=O) groups is 1. The molecule has 178 valence electrons. The number of nitrogens with zero attached hydrogens (tertiary/aromatic N) is 1. The number of rotatable bonds is 5. The van der Waals surface area contributed by atoms with E-state index in [1.807, 2.05) is 18.2 Å². The van der Waals surface area contributed by atoms with E-state index in [0.717, 1.165) is 10.9 Å². The number of hydrogen-bond acceptors (Lipinski definition) is 5. The van der Waals surface area contributed by atoms with Gasteiger partial charge in [-0.2, -0.15) is 0 Å². The Kier molecular flexibility index (Phi) is 6.62. The first-order chi connectivity index (χ1) is 16.1. The Bertz CT molecular complexity index is 1260. The molecule has 3 aromatic rings. The van der Waals surface area contributed by atoms with Crippen LogP contribution in [0.15, 0.2) is 71.7 Å². The summed E-state index contributed by atoms with van der Waals surface area (Å²) < 4.78 is 5.47. The zero-order valence-corrected chi connectivity index (χ0v) is 20.5. The molecule has 7 nitrogen and oxygen atoms in total. The van der Waals surface area contributed by atoms with Crippen LogP contribution >= 0.6 is 23.2 Å². The molecule has 4 rings (SSSR count). The first-order valence-corrected chi connectivity index (χ1v) is 11.5. The Balaban J connectivity index is 1.64. The summed E-state index contributed by atoms with van der Waals surface area (Å²) in [6.45, 7) is 5.37. The van der Waals surface area contributed by atoms with Gasteiger partial charge in [-0.15, -0.1) is 0 Å². The van der Waals surface area contributed by atoms with Gasteiger partial charge in [-0.3, -0.25) is 5.32 Å². The summed E-state index contributed by atoms with van der Waals surface area (Å²) >= 11 is 12.7. The lowest BCUT2D eigenvalue weighted by atomic mass is 9.93. The van der Waals surface area contributed by atoms with Gasteiger partial charge in [0.2, 0.25) is 0 Å². The second-order valence-corrected chi connectivity index (χ2v) is 9.99. The smallest absolute Gasteiger partial charge is 0.409 e. The van der Waals surface area contributed by atoms with Crippen molar-refractivity contribution in [3.63, 3.8) is 0 Å². The van der Waals surface area contributed by atoms with Crippen LogP contribution in [0.25, 0.3) is 11.0 Å². The third kappa shape index (κ3) is 5.38. The Morgan fingerprint density at radius 2 is 1.97 bits per heavy atom. The van der Waals surface area contributed by atoms with Gasteiger partial charge >= 0.3 is 6.09 Å². The number of ether oxygens (including phenoxy) is 1. The van der Waals surface area contributed by atoms with Crippen molar-refractivity contribution in [1.82, 2.24) is 20.6 Å². The Morgan fingerprint density at radius 1 is 1.24 bits per heavy atom. The van der Waals surface area contributed by atoms with Gasteiger partial charge in [0.05, 0.1) is 0 Å². The lowest BCUT2D eigenvalue weighted by molar-refractivity contribution is 0.0465. The molecule has 0 fully saturated rings. The van der Waals surface area contributed by atoms with Crippen molar-refractivity contribution in [2.24, 2.45) is 0 Å². The van der Waals surface area contributed by atoms with Gasteiger partial charge in [0.25, 0.3) is 0 Å². The molecule has 3 heterocycles. The number of aliphatic hydroxyl groups is 1. The summed E-state index contributed by atoms with van der Waals surface area (Å²) in [6.07, 6.45) is 5.61. The second-order valence-electron chi connectivity index (χ2n) is 9.18. The van der Waals surface area contributed by atoms with E-state index < -0.39 is 23.5 Å². The van der Waals surface area contributed by atoms with E-state index in [4.69, 9.17) is 27.9 Å². The number of aromatic amines is 1. The molecule has 2 atom stereocenters. The summed E-state index contributed by atoms with van der Waals surface area (Å²) in [4.78, 5) is 20.0. The zero-order valence-electron chi connectivity index (χ0n) is 19.0. The standard InChI is InChI=1S/C25H26Cl2N4O3/c1-24(2,3)34-23(33)31-25(13-15-6-8-16(26)9-7-15)11-10-18(21(27)30-25)20(32)19-14-29-22-17(19)5-4-12-28-22/h4-12,14,20,30,32H,13H2,1-3H3,(H,28,29)(H,31,33). The molecule has 0 radical (unpaired) electrons. The van der Waals surface area contributed by atoms with E-state index in [-0.39, 0.29) is 5.16 Å². The number of alkyl carbamates (subject to hydrolysis) is 1. The summed E-state index contributed by atoms with van der Waals surface area (Å²) in [5.74, 6) is 0. The SMILES string of the molecule is CC(C)(C)OC(=O)NC1(Cc2ccc(Cl)cc2)C=CC(C(O)c2c[nH]c3ncccc23)=C(Cl)N1. The van der Waals surface area contributed by atoms with Crippen LogP contribution in [-0.2, 0) is 11.2 Å². The fourth-order valence-electron chi connectivity index (χ4n) is 3.83. The molecule has 2 unspecified atom stereocenters. The van der Waals surface area contributed by atoms with Crippen molar-refractivity contribution in [1.29, 1.82) is 0 Å². The van der Waals surface area contributed by atoms with Crippen molar-refractivity contribution < 1.29 is 14.6 Å². The van der Waals surface area contributed by atoms with Crippen LogP contribution in [0.2, 0.25) is 5.02 Å². The Labute approximate surface area is 207 Å². The molecule has 34 heavy (non-hydrogen) atoms. The number of carbonyl (C=O) groups excluding carboxylic acids is 1. The largest absolute Gasteiger partial charge is 0.444 e. The number of aliphatic hydroxyl groups excluding tert-OH is 1. The first kappa shape index (κ1) is 24.1. The number of halogens is 2. The molecule has 0 spiro atoms. The molecule has 1 amide bonds. The Morgan fingerprint density at radius 3 is 2.65 bits per heavy atom. The van der Waals surface area contributed by atoms with Crippen LogP contribution < -0.4 is 10.6 Å². The predicted octanol–water partition coefficient (Wildman–Crippen LogP) is 5.32. The maximum atomic E-state index is 12.7. The molecular weight excluding hydrogens is 475 g/mol. The number of benzene rings is 1. The van der Waals surface area contributed by atoms with Crippen molar-refractivity contribution in [2.45, 2.75) is 44.6 Å². The van der Waals surface area contributed by atoms with Crippen molar-refractivity contribution in [3.8, 4) is 0 Å². The van der Waals surface area contributed by atoms with E-state index in [2.05, 4.69) is 20.6 Å². The summed E-state index contributed by atoms with van der Waals surface area (Å²) in [7, 11) is 0. The van der Waals surface area contributed by atoms with Gasteiger partial charge in [-0.05, 0) is 56.7 Å². The monoisotopic (exact) mass is 500 g/mol. The fraction of sp³-hybridized carbons (Fsp3) is 0.280. The van der Waals surface area contributed by atoms with E-state index in [0.29, 0.717) is 28.2 Å². The minimum Gasteiger partial charge on any atom is -0.444 e. The molecule has 1 aliphatic rings. The predicted molar refractivity (Wildman–Crippen MR) is 133 cm³/mol. The zero-order chi connectivity index (χ0) is 24.5. The highest BCUT2D eigenvalue weighted by atomic mass is 35.5. The number of nitrogens with one attached hydrogen (secondary N) is 3. The molecule has 9 heteroatoms. The van der Waals surface area contributed by atoms with E-state index in [9.17, 15) is 9.90 Å². The molecular formula is C25H26Cl2N4O3. The summed E-state index contributed by atoms with van der Waals surface area (Å²) in [6, 6.07) is 11.0. The van der Waals surface area contributed by atoms with Crippen LogP contribution in [0.5, 0.6) is 0 Å². The van der Waals surface area contributed by atoms with Crippen LogP contribution in [0, 0.1) is 0 Å². The van der Waals surface area contributed by atoms with E-state index in [1.54, 1.807) is 63.5 Å². The molecule has 0 saturated carbocycles. The normalized spacial score (nSPS) is 19.1. The molecule has 0 bridgehead atoms. The number of H-pyrrole nitrogens is 1. The average Bonchev–Trinajstić information content (AvgIpc) is 3.18. The molecule has 1 aliphatic heterocycles. The Hall–Kier alpha value is -3.00. The number of hydrogen-bond donors (Lipinski definition) is 4. The van der Waals surface area contributed by atoms with Crippen LogP contribution in [0.1, 0.15) is 38.0 Å². The minimum absolute atomic E-state index is 0.207. The summed E-state index contributed by atoms with van der Waals surface area (Å²) in [5, 5.41) is 18.8. The average molecular weight is 501 g/mol. The van der Waals surface area contributed by atoms with Crippen molar-refractivity contribution in [2.75, 3.05) is 0 Å². The highest BCUT2D eigenvalue weighted by Gasteiger charge is 2.36. The van der Waals surface area contributed by atoms with Gasteiger partial charge in [0.15, 0.2) is 0 Å². The maximum Gasteiger partial charge on any atom is 0.409 e. The lowest BCUT2D eigenvalue weighted by Crippen LogP contribution is -2.60. The highest BCUT2D eigenvalue weighted by Crippen LogP contribution is 2.34. The van der Waals surface area contributed by atoms with E-state index >= 15 is 0 Å². The number of pyridine rings is 1. The molecule has 4 N–H and O–H groups in total. The van der Waals surface area contributed by atoms with E-state index in [1.165, 1.54) is 0 Å². The van der Waals surface area contributed by atoms with Crippen LogP contribution in [0.4, 0.5) is 4.79 Å². The summed E-state index contributed by atoms with van der Waals surface area (Å²) in [5.41, 5.74) is 0.933. The van der Waals surface area contributed by atoms with Gasteiger partial charge in [-0.25, -0.2) is 9.78 Å². The third-order valence-corrected chi connectivity index (χ3v) is 5.89. The number of aromatic nitrogens is 2. The highest BCUT2D eigenvalue weighted by molar-refractivity contribution is 6.30. The van der Waals surface area contributed by atoms with Gasteiger partial charge < -0.3 is 20.1 Å². The minimum atomic E-state index is -1.09. The number of dihydropyridines is 1. The van der Waals surface area contributed by atoms with Crippen LogP contribution in [0.3, 0.4) is 0 Å². The van der Waals surface area contributed by atoms with Gasteiger partial charge in [0, 0.05) is 40.4 Å². The number of fused-ring (bicyclic) bond motifs is 1. The van der Waals surface area contributed by atoms with Crippen molar-refractivity contribution >= 4 is 40.3 Å². The second kappa shape index (κ2) is 9.33. The molecule has 0 aliphatic carbocycles. The lowest BCUT2D eigenvalue weighted by Gasteiger charge is -2.37. The topological polar surface area (TPSA) is 99.3 Å². The first-order valence-electron chi connectivity index (χ1n) is 10.8. The third-order valence-electron chi connectivity index (χ3n) is 5.33. The van der Waals surface area contributed by atoms with Crippen LogP contribution in [-0.4, -0.2) is 32.4 Å². The van der Waals surface area contributed by atoms with Gasteiger partial charge in [0.1, 0.15) is 28.2 Å². The maximum absolute atomic E-state index is 12.7. The number of amides is 1. The quantitative estimate of drug-likeness (QED) is 0.355. The molecule has 1 aromatic carbocycles.